The van der Waals surface area contributed by atoms with Crippen LogP contribution in [0.5, 0.6) is 0 Å². The topological polar surface area (TPSA) is 18.5 Å². The normalized spacial score (nSPS) is 11.1. The van der Waals surface area contributed by atoms with E-state index in [0.29, 0.717) is 0 Å². The van der Waals surface area contributed by atoms with E-state index in [2.05, 4.69) is 68.3 Å². The average molecular weight is 277 g/mol. The first-order valence-corrected chi connectivity index (χ1v) is 7.70. The number of nitrogens with one attached hydrogen (secondary N) is 1. The molecule has 0 heterocycles. The van der Waals surface area contributed by atoms with E-state index < -0.39 is 0 Å². The molecule has 0 atom stereocenters. The molecule has 20 heavy (non-hydrogen) atoms. The van der Waals surface area contributed by atoms with Gasteiger partial charge in [-0.15, -0.1) is 0 Å². The Labute approximate surface area is 125 Å². The Morgan fingerprint density at radius 3 is 2.45 bits per heavy atom. The molecule has 3 nitrogen and oxygen atoms in total. The van der Waals surface area contributed by atoms with Crippen LogP contribution >= 0.6 is 0 Å². The maximum absolute atomic E-state index is 3.45. The predicted molar refractivity (Wildman–Crippen MR) is 89.6 cm³/mol. The molecule has 0 bridgehead atoms. The van der Waals surface area contributed by atoms with Gasteiger partial charge < -0.3 is 15.1 Å². The van der Waals surface area contributed by atoms with Gasteiger partial charge in [0.25, 0.3) is 0 Å². The molecule has 1 N–H and O–H groups in total. The van der Waals surface area contributed by atoms with Crippen molar-refractivity contribution in [3.05, 3.63) is 29.3 Å². The van der Waals surface area contributed by atoms with Gasteiger partial charge in [0.05, 0.1) is 0 Å². The van der Waals surface area contributed by atoms with Crippen LogP contribution in [0.1, 0.15) is 30.9 Å². The minimum atomic E-state index is 0.972. The van der Waals surface area contributed by atoms with Gasteiger partial charge in [-0.25, -0.2) is 0 Å². The van der Waals surface area contributed by atoms with E-state index in [0.717, 1.165) is 26.2 Å². The Morgan fingerprint density at radius 2 is 1.85 bits per heavy atom. The fraction of sp³-hybridized carbons (Fsp3) is 0.647. The van der Waals surface area contributed by atoms with Crippen molar-refractivity contribution < 1.29 is 0 Å². The van der Waals surface area contributed by atoms with Crippen molar-refractivity contribution in [3.8, 4) is 0 Å². The standard InChI is InChI=1S/C17H31N3/c1-6-10-18-14-16-8-9-17(15(2)13-16)20(5)12-7-11-19(3)4/h8-9,13,18H,6-7,10-12,14H2,1-5H3. The van der Waals surface area contributed by atoms with Crippen LogP contribution in [0.4, 0.5) is 5.69 Å². The molecular formula is C17H31N3. The summed E-state index contributed by atoms with van der Waals surface area (Å²) >= 11 is 0. The van der Waals surface area contributed by atoms with E-state index in [1.54, 1.807) is 0 Å². The Balaban J connectivity index is 2.53. The molecule has 1 aromatic carbocycles. The van der Waals surface area contributed by atoms with E-state index in [-0.39, 0.29) is 0 Å². The Hall–Kier alpha value is -1.06. The summed E-state index contributed by atoms with van der Waals surface area (Å²) in [5.74, 6) is 0. The average Bonchev–Trinajstić information content (AvgIpc) is 2.38. The van der Waals surface area contributed by atoms with Crippen LogP contribution < -0.4 is 10.2 Å². The quantitative estimate of drug-likeness (QED) is 0.700. The summed E-state index contributed by atoms with van der Waals surface area (Å²) in [6, 6.07) is 6.81. The largest absolute Gasteiger partial charge is 0.374 e. The highest BCUT2D eigenvalue weighted by Gasteiger charge is 2.05. The summed E-state index contributed by atoms with van der Waals surface area (Å²) in [5.41, 5.74) is 4.09. The molecule has 0 aliphatic rings. The molecule has 0 aliphatic carbocycles. The maximum Gasteiger partial charge on any atom is 0.0393 e. The van der Waals surface area contributed by atoms with Crippen molar-refractivity contribution in [2.75, 3.05) is 45.7 Å². The molecule has 0 spiro atoms. The van der Waals surface area contributed by atoms with Crippen LogP contribution in [-0.4, -0.2) is 45.7 Å². The highest BCUT2D eigenvalue weighted by atomic mass is 15.1. The van der Waals surface area contributed by atoms with Crippen molar-refractivity contribution in [2.45, 2.75) is 33.2 Å². The fourth-order valence-corrected chi connectivity index (χ4v) is 2.41. The molecule has 1 rings (SSSR count). The lowest BCUT2D eigenvalue weighted by molar-refractivity contribution is 0.401. The van der Waals surface area contributed by atoms with Gasteiger partial charge in [-0.3, -0.25) is 0 Å². The zero-order valence-corrected chi connectivity index (χ0v) is 13.9. The molecule has 0 amide bonds. The second kappa shape index (κ2) is 8.98. The van der Waals surface area contributed by atoms with E-state index in [9.17, 15) is 0 Å². The number of hydrogen-bond acceptors (Lipinski definition) is 3. The molecular weight excluding hydrogens is 246 g/mol. The SMILES string of the molecule is CCCNCc1ccc(N(C)CCCN(C)C)c(C)c1. The second-order valence-electron chi connectivity index (χ2n) is 5.88. The van der Waals surface area contributed by atoms with E-state index in [1.807, 2.05) is 0 Å². The van der Waals surface area contributed by atoms with E-state index in [4.69, 9.17) is 0 Å². The van der Waals surface area contributed by atoms with Gasteiger partial charge in [0, 0.05) is 25.8 Å². The predicted octanol–water partition coefficient (Wildman–Crippen LogP) is 2.88. The third-order valence-corrected chi connectivity index (χ3v) is 3.53. The molecule has 114 valence electrons. The van der Waals surface area contributed by atoms with Crippen molar-refractivity contribution in [2.24, 2.45) is 0 Å². The monoisotopic (exact) mass is 277 g/mol. The Kier molecular flexibility index (Phi) is 7.63. The molecule has 1 aromatic rings. The smallest absolute Gasteiger partial charge is 0.0393 e. The third kappa shape index (κ3) is 5.93. The molecule has 3 heteroatoms. The number of hydrogen-bond donors (Lipinski definition) is 1. The minimum absolute atomic E-state index is 0.972. The summed E-state index contributed by atoms with van der Waals surface area (Å²) in [6.07, 6.45) is 2.38. The zero-order valence-electron chi connectivity index (χ0n) is 13.9. The number of nitrogens with zero attached hydrogens (tertiary/aromatic N) is 2. The first kappa shape index (κ1) is 17.0. The van der Waals surface area contributed by atoms with Gasteiger partial charge in [-0.2, -0.15) is 0 Å². The van der Waals surface area contributed by atoms with Crippen LogP contribution in [0.3, 0.4) is 0 Å². The second-order valence-corrected chi connectivity index (χ2v) is 5.88. The number of rotatable bonds is 9. The van der Waals surface area contributed by atoms with E-state index >= 15 is 0 Å². The molecule has 0 aromatic heterocycles. The first-order chi connectivity index (χ1) is 9.54. The Morgan fingerprint density at radius 1 is 1.10 bits per heavy atom. The summed E-state index contributed by atoms with van der Waals surface area (Å²) < 4.78 is 0. The first-order valence-electron chi connectivity index (χ1n) is 7.70. The molecule has 0 radical (unpaired) electrons. The molecule has 0 saturated carbocycles. The van der Waals surface area contributed by atoms with Crippen LogP contribution in [0.25, 0.3) is 0 Å². The molecule has 0 aliphatic heterocycles. The lowest BCUT2D eigenvalue weighted by Crippen LogP contribution is -2.24. The number of aryl methyl sites for hydroxylation is 1. The molecule has 0 unspecified atom stereocenters. The van der Waals surface area contributed by atoms with Gasteiger partial charge in [-0.1, -0.05) is 19.1 Å². The van der Waals surface area contributed by atoms with Crippen LogP contribution in [0.15, 0.2) is 18.2 Å². The van der Waals surface area contributed by atoms with Crippen LogP contribution in [-0.2, 0) is 6.54 Å². The van der Waals surface area contributed by atoms with Gasteiger partial charge in [0.2, 0.25) is 0 Å². The van der Waals surface area contributed by atoms with E-state index in [1.165, 1.54) is 29.7 Å². The number of benzene rings is 1. The van der Waals surface area contributed by atoms with Crippen molar-refractivity contribution in [1.29, 1.82) is 0 Å². The third-order valence-electron chi connectivity index (χ3n) is 3.53. The zero-order chi connectivity index (χ0) is 15.0. The lowest BCUT2D eigenvalue weighted by atomic mass is 10.1. The van der Waals surface area contributed by atoms with Gasteiger partial charge in [-0.05, 0) is 64.1 Å². The van der Waals surface area contributed by atoms with Crippen LogP contribution in [0.2, 0.25) is 0 Å². The summed E-state index contributed by atoms with van der Waals surface area (Å²) in [6.45, 7) is 8.71. The maximum atomic E-state index is 3.45. The fourth-order valence-electron chi connectivity index (χ4n) is 2.41. The van der Waals surface area contributed by atoms with Crippen molar-refractivity contribution in [1.82, 2.24) is 10.2 Å². The highest BCUT2D eigenvalue weighted by Crippen LogP contribution is 2.20. The summed E-state index contributed by atoms with van der Waals surface area (Å²) in [5, 5.41) is 3.45. The Bertz CT molecular complexity index is 388. The molecule has 0 saturated heterocycles. The highest BCUT2D eigenvalue weighted by molar-refractivity contribution is 5.53. The van der Waals surface area contributed by atoms with Gasteiger partial charge in [0.1, 0.15) is 0 Å². The number of anilines is 1. The van der Waals surface area contributed by atoms with Gasteiger partial charge in [0.15, 0.2) is 0 Å². The lowest BCUT2D eigenvalue weighted by Gasteiger charge is -2.23. The van der Waals surface area contributed by atoms with Gasteiger partial charge >= 0.3 is 0 Å². The summed E-state index contributed by atoms with van der Waals surface area (Å²) in [7, 11) is 6.44. The van der Waals surface area contributed by atoms with Crippen LogP contribution in [0, 0.1) is 6.92 Å². The molecule has 0 fully saturated rings. The minimum Gasteiger partial charge on any atom is -0.374 e. The summed E-state index contributed by atoms with van der Waals surface area (Å²) in [4.78, 5) is 4.60. The van der Waals surface area contributed by atoms with Crippen molar-refractivity contribution in [3.63, 3.8) is 0 Å². The van der Waals surface area contributed by atoms with Crippen molar-refractivity contribution >= 4 is 5.69 Å².